The molecule has 29 heavy (non-hydrogen) atoms. The number of carbonyl (C=O) groups excluding carboxylic acids is 1. The van der Waals surface area contributed by atoms with Crippen LogP contribution in [0.5, 0.6) is 5.75 Å². The van der Waals surface area contributed by atoms with E-state index in [0.717, 1.165) is 49.5 Å². The fourth-order valence-electron chi connectivity index (χ4n) is 3.47. The monoisotopic (exact) mass is 397 g/mol. The van der Waals surface area contributed by atoms with Gasteiger partial charge in [-0.1, -0.05) is 12.1 Å². The van der Waals surface area contributed by atoms with E-state index in [-0.39, 0.29) is 18.3 Å². The van der Waals surface area contributed by atoms with Gasteiger partial charge in [0.2, 0.25) is 0 Å². The van der Waals surface area contributed by atoms with Crippen molar-refractivity contribution in [2.24, 2.45) is 0 Å². The normalized spacial score (nSPS) is 15.0. The third kappa shape index (κ3) is 5.12. The number of hydrogen-bond donors (Lipinski definition) is 0. The van der Waals surface area contributed by atoms with Crippen molar-refractivity contribution >= 4 is 17.0 Å². The minimum absolute atomic E-state index is 0.0244. The molecular weight excluding hydrogens is 373 g/mol. The lowest BCUT2D eigenvalue weighted by molar-refractivity contribution is -0.135. The summed E-state index contributed by atoms with van der Waals surface area (Å²) in [5.41, 5.74) is 1.73. The molecule has 6 nitrogen and oxygen atoms in total. The highest BCUT2D eigenvalue weighted by molar-refractivity contribution is 5.77. The van der Waals surface area contributed by atoms with E-state index in [1.165, 1.54) is 24.3 Å². The largest absolute Gasteiger partial charge is 0.484 e. The van der Waals surface area contributed by atoms with Gasteiger partial charge in [0.15, 0.2) is 18.1 Å². The number of fused-ring (bicyclic) bond motifs is 1. The van der Waals surface area contributed by atoms with Crippen molar-refractivity contribution < 1.29 is 18.3 Å². The maximum Gasteiger partial charge on any atom is 0.260 e. The maximum atomic E-state index is 12.9. The molecule has 1 aliphatic rings. The first-order valence-electron chi connectivity index (χ1n) is 9.90. The van der Waals surface area contributed by atoms with Gasteiger partial charge in [0, 0.05) is 32.6 Å². The lowest BCUT2D eigenvalue weighted by Gasteiger charge is -2.34. The van der Waals surface area contributed by atoms with Crippen LogP contribution in [0, 0.1) is 5.82 Å². The molecule has 0 N–H and O–H groups in total. The molecule has 1 aromatic heterocycles. The third-order valence-corrected chi connectivity index (χ3v) is 5.10. The van der Waals surface area contributed by atoms with Crippen molar-refractivity contribution in [3.05, 3.63) is 60.2 Å². The molecule has 7 heteroatoms. The highest BCUT2D eigenvalue weighted by atomic mass is 19.1. The molecule has 0 aliphatic carbocycles. The average molecular weight is 397 g/mol. The second-order valence-corrected chi connectivity index (χ2v) is 7.14. The molecule has 1 amide bonds. The van der Waals surface area contributed by atoms with Gasteiger partial charge in [0.05, 0.1) is 0 Å². The number of hydrogen-bond acceptors (Lipinski definition) is 5. The number of halogens is 1. The number of rotatable bonds is 7. The van der Waals surface area contributed by atoms with Crippen LogP contribution in [0.15, 0.2) is 52.9 Å². The van der Waals surface area contributed by atoms with Crippen LogP contribution in [0.1, 0.15) is 12.3 Å². The summed E-state index contributed by atoms with van der Waals surface area (Å²) in [6.07, 6.45) is 1.77. The number of oxazole rings is 1. The first-order valence-corrected chi connectivity index (χ1v) is 9.90. The standard InChI is InChI=1S/C22H24FN3O3/c23-17-7-9-18(10-8-17)28-16-22(27)26-14-12-25(13-15-26)11-3-6-21-24-19-4-1-2-5-20(19)29-21/h1-2,4-5,7-10H,3,6,11-16H2. The molecule has 0 atom stereocenters. The van der Waals surface area contributed by atoms with E-state index >= 15 is 0 Å². The van der Waals surface area contributed by atoms with E-state index < -0.39 is 0 Å². The van der Waals surface area contributed by atoms with E-state index in [4.69, 9.17) is 9.15 Å². The van der Waals surface area contributed by atoms with Gasteiger partial charge in [-0.25, -0.2) is 9.37 Å². The molecule has 2 heterocycles. The number of aromatic nitrogens is 1. The minimum Gasteiger partial charge on any atom is -0.484 e. The Bertz CT molecular complexity index is 916. The number of amides is 1. The smallest absolute Gasteiger partial charge is 0.260 e. The van der Waals surface area contributed by atoms with Crippen LogP contribution >= 0.6 is 0 Å². The lowest BCUT2D eigenvalue weighted by atomic mass is 10.2. The number of carbonyl (C=O) groups is 1. The molecule has 0 bridgehead atoms. The molecule has 0 radical (unpaired) electrons. The van der Waals surface area contributed by atoms with E-state index in [0.29, 0.717) is 18.8 Å². The zero-order chi connectivity index (χ0) is 20.1. The van der Waals surface area contributed by atoms with Crippen LogP contribution in [0.4, 0.5) is 4.39 Å². The molecule has 1 fully saturated rings. The third-order valence-electron chi connectivity index (χ3n) is 5.10. The Hall–Kier alpha value is -2.93. The lowest BCUT2D eigenvalue weighted by Crippen LogP contribution is -2.50. The summed E-state index contributed by atoms with van der Waals surface area (Å²) in [5, 5.41) is 0. The van der Waals surface area contributed by atoms with Gasteiger partial charge in [-0.3, -0.25) is 9.69 Å². The molecule has 3 aromatic rings. The SMILES string of the molecule is O=C(COc1ccc(F)cc1)N1CCN(CCCc2nc3ccccc3o2)CC1. The summed E-state index contributed by atoms with van der Waals surface area (Å²) in [7, 11) is 0. The zero-order valence-electron chi connectivity index (χ0n) is 16.2. The zero-order valence-corrected chi connectivity index (χ0v) is 16.2. The van der Waals surface area contributed by atoms with Crippen molar-refractivity contribution in [2.75, 3.05) is 39.3 Å². The van der Waals surface area contributed by atoms with Crippen molar-refractivity contribution in [1.29, 1.82) is 0 Å². The van der Waals surface area contributed by atoms with Crippen molar-refractivity contribution in [3.63, 3.8) is 0 Å². The fourth-order valence-corrected chi connectivity index (χ4v) is 3.47. The Labute approximate surface area is 168 Å². The Kier molecular flexibility index (Phi) is 6.05. The molecule has 1 saturated heterocycles. The van der Waals surface area contributed by atoms with Crippen LogP contribution < -0.4 is 4.74 Å². The fraction of sp³-hybridized carbons (Fsp3) is 0.364. The van der Waals surface area contributed by atoms with Crippen LogP contribution in [-0.2, 0) is 11.2 Å². The number of ether oxygens (including phenoxy) is 1. The van der Waals surface area contributed by atoms with E-state index in [1.807, 2.05) is 29.2 Å². The maximum absolute atomic E-state index is 12.9. The first kappa shape index (κ1) is 19.4. The summed E-state index contributed by atoms with van der Waals surface area (Å²) in [4.78, 5) is 21.0. The van der Waals surface area contributed by atoms with E-state index in [9.17, 15) is 9.18 Å². The van der Waals surface area contributed by atoms with Gasteiger partial charge >= 0.3 is 0 Å². The molecule has 1 aliphatic heterocycles. The number of aryl methyl sites for hydroxylation is 1. The number of benzene rings is 2. The first-order chi connectivity index (χ1) is 14.2. The minimum atomic E-state index is -0.323. The molecular formula is C22H24FN3O3. The summed E-state index contributed by atoms with van der Waals surface area (Å²) in [6, 6.07) is 13.5. The Morgan fingerprint density at radius 2 is 1.83 bits per heavy atom. The van der Waals surface area contributed by atoms with Crippen molar-refractivity contribution in [3.8, 4) is 5.75 Å². The van der Waals surface area contributed by atoms with Gasteiger partial charge in [0.1, 0.15) is 17.1 Å². The van der Waals surface area contributed by atoms with Gasteiger partial charge in [0.25, 0.3) is 5.91 Å². The number of para-hydroxylation sites is 2. The Morgan fingerprint density at radius 1 is 1.07 bits per heavy atom. The molecule has 2 aromatic carbocycles. The van der Waals surface area contributed by atoms with Gasteiger partial charge in [-0.15, -0.1) is 0 Å². The number of nitrogens with zero attached hydrogens (tertiary/aromatic N) is 3. The summed E-state index contributed by atoms with van der Waals surface area (Å²) >= 11 is 0. The van der Waals surface area contributed by atoms with Crippen molar-refractivity contribution in [2.45, 2.75) is 12.8 Å². The van der Waals surface area contributed by atoms with Crippen LogP contribution in [0.2, 0.25) is 0 Å². The predicted molar refractivity (Wildman–Crippen MR) is 107 cm³/mol. The summed E-state index contributed by atoms with van der Waals surface area (Å²) in [6.45, 7) is 3.99. The Balaban J connectivity index is 1.16. The number of piperazine rings is 1. The second kappa shape index (κ2) is 9.05. The average Bonchev–Trinajstić information content (AvgIpc) is 3.16. The molecule has 0 spiro atoms. The van der Waals surface area contributed by atoms with Crippen LogP contribution in [0.3, 0.4) is 0 Å². The van der Waals surface area contributed by atoms with Gasteiger partial charge in [-0.05, 0) is 49.4 Å². The highest BCUT2D eigenvalue weighted by Crippen LogP contribution is 2.16. The topological polar surface area (TPSA) is 58.8 Å². The predicted octanol–water partition coefficient (Wildman–Crippen LogP) is 3.12. The molecule has 4 rings (SSSR count). The second-order valence-electron chi connectivity index (χ2n) is 7.14. The van der Waals surface area contributed by atoms with E-state index in [2.05, 4.69) is 9.88 Å². The van der Waals surface area contributed by atoms with Gasteiger partial charge < -0.3 is 14.1 Å². The van der Waals surface area contributed by atoms with Crippen LogP contribution in [0.25, 0.3) is 11.1 Å². The van der Waals surface area contributed by atoms with Crippen molar-refractivity contribution in [1.82, 2.24) is 14.8 Å². The van der Waals surface area contributed by atoms with Gasteiger partial charge in [-0.2, -0.15) is 0 Å². The van der Waals surface area contributed by atoms with E-state index in [1.54, 1.807) is 0 Å². The molecule has 0 saturated carbocycles. The summed E-state index contributed by atoms with van der Waals surface area (Å²) in [5.74, 6) is 0.909. The van der Waals surface area contributed by atoms with Crippen LogP contribution in [-0.4, -0.2) is 60.0 Å². The quantitative estimate of drug-likeness (QED) is 0.613. The molecule has 0 unspecified atom stereocenters. The molecule has 152 valence electrons. The summed E-state index contributed by atoms with van der Waals surface area (Å²) < 4.78 is 24.1. The highest BCUT2D eigenvalue weighted by Gasteiger charge is 2.21. The Morgan fingerprint density at radius 3 is 2.59 bits per heavy atom.